The molecule has 6 nitrogen and oxygen atoms in total. The van der Waals surface area contributed by atoms with Crippen molar-refractivity contribution in [3.05, 3.63) is 23.8 Å². The molecule has 122 valence electrons. The highest BCUT2D eigenvalue weighted by atomic mass is 32.2. The molecule has 0 aromatic heterocycles. The van der Waals surface area contributed by atoms with Gasteiger partial charge in [-0.1, -0.05) is 6.07 Å². The van der Waals surface area contributed by atoms with E-state index in [1.54, 1.807) is 6.07 Å². The molecule has 0 saturated carbocycles. The average Bonchev–Trinajstić information content (AvgIpc) is 2.56. The molecule has 0 amide bonds. The molecule has 0 saturated heterocycles. The van der Waals surface area contributed by atoms with Crippen molar-refractivity contribution in [1.82, 2.24) is 0 Å². The second kappa shape index (κ2) is 9.94. The molecule has 0 radical (unpaired) electrons. The number of esters is 2. The maximum Gasteiger partial charge on any atom is 0.343 e. The Hall–Kier alpha value is -1.89. The third-order valence-electron chi connectivity index (χ3n) is 2.78. The second-order valence-corrected chi connectivity index (χ2v) is 5.33. The molecule has 0 atom stereocenters. The minimum absolute atomic E-state index is 0.165. The summed E-state index contributed by atoms with van der Waals surface area (Å²) in [6.07, 6.45) is 0.787. The number of ether oxygens (including phenoxy) is 4. The lowest BCUT2D eigenvalue weighted by atomic mass is 10.1. The quantitative estimate of drug-likeness (QED) is 0.504. The molecule has 0 heterocycles. The number of aryl methyl sites for hydroxylation is 1. The summed E-state index contributed by atoms with van der Waals surface area (Å²) in [6, 6.07) is 5.50. The van der Waals surface area contributed by atoms with E-state index in [1.807, 2.05) is 12.1 Å². The zero-order valence-corrected chi connectivity index (χ0v) is 13.7. The Morgan fingerprint density at radius 3 is 2.41 bits per heavy atom. The number of hydrogen-bond donors (Lipinski definition) is 0. The Morgan fingerprint density at radius 1 is 1.05 bits per heavy atom. The molecule has 1 rings (SSSR count). The van der Waals surface area contributed by atoms with Crippen molar-refractivity contribution in [2.45, 2.75) is 6.42 Å². The maximum absolute atomic E-state index is 11.1. The first-order valence-corrected chi connectivity index (χ1v) is 7.77. The molecule has 0 aliphatic heterocycles. The van der Waals surface area contributed by atoms with Crippen LogP contribution >= 0.6 is 11.8 Å². The molecule has 0 aliphatic carbocycles. The predicted octanol–water partition coefficient (Wildman–Crippen LogP) is 1.70. The number of rotatable bonds is 9. The summed E-state index contributed by atoms with van der Waals surface area (Å²) in [7, 11) is 4.22. The van der Waals surface area contributed by atoms with Gasteiger partial charge in [-0.3, -0.25) is 4.79 Å². The molecule has 1 aromatic carbocycles. The van der Waals surface area contributed by atoms with Crippen LogP contribution in [0, 0.1) is 0 Å². The predicted molar refractivity (Wildman–Crippen MR) is 83.6 cm³/mol. The lowest BCUT2D eigenvalue weighted by molar-refractivity contribution is -0.143. The third kappa shape index (κ3) is 6.26. The lowest BCUT2D eigenvalue weighted by Gasteiger charge is -2.11. The van der Waals surface area contributed by atoms with Crippen LogP contribution in [0.2, 0.25) is 0 Å². The van der Waals surface area contributed by atoms with Crippen LogP contribution < -0.4 is 9.47 Å². The van der Waals surface area contributed by atoms with Crippen molar-refractivity contribution in [1.29, 1.82) is 0 Å². The molecule has 22 heavy (non-hydrogen) atoms. The highest BCUT2D eigenvalue weighted by Crippen LogP contribution is 2.28. The van der Waals surface area contributed by atoms with Crippen LogP contribution in [-0.2, 0) is 25.5 Å². The standard InChI is InChI=1S/C15H20O6S/c1-18-13-8-11(6-7-22-10-15(17)20-3)4-5-12(13)21-9-14(16)19-2/h4-5,8H,6-7,9-10H2,1-3H3. The normalized spacial score (nSPS) is 9.95. The Morgan fingerprint density at radius 2 is 1.77 bits per heavy atom. The summed E-state index contributed by atoms with van der Waals surface area (Å²) >= 11 is 1.51. The van der Waals surface area contributed by atoms with Gasteiger partial charge in [0.15, 0.2) is 18.1 Å². The minimum atomic E-state index is -0.453. The number of benzene rings is 1. The second-order valence-electron chi connectivity index (χ2n) is 4.23. The topological polar surface area (TPSA) is 71.1 Å². The molecular weight excluding hydrogens is 308 g/mol. The largest absolute Gasteiger partial charge is 0.493 e. The summed E-state index contributed by atoms with van der Waals surface area (Å²) in [6.45, 7) is -0.165. The Labute approximate surface area is 134 Å². The first-order chi connectivity index (χ1) is 10.6. The van der Waals surface area contributed by atoms with Crippen LogP contribution in [-0.4, -0.2) is 51.4 Å². The fourth-order valence-electron chi connectivity index (χ4n) is 1.59. The molecule has 0 N–H and O–H groups in total. The molecule has 0 unspecified atom stereocenters. The Balaban J connectivity index is 2.53. The summed E-state index contributed by atoms with van der Waals surface area (Å²) in [5.41, 5.74) is 1.06. The highest BCUT2D eigenvalue weighted by Gasteiger charge is 2.09. The highest BCUT2D eigenvalue weighted by molar-refractivity contribution is 7.99. The van der Waals surface area contributed by atoms with Crippen LogP contribution in [0.3, 0.4) is 0 Å². The van der Waals surface area contributed by atoms with E-state index in [0.717, 1.165) is 17.7 Å². The Bertz CT molecular complexity index is 503. The number of carbonyl (C=O) groups is 2. The van der Waals surface area contributed by atoms with Crippen molar-refractivity contribution in [3.63, 3.8) is 0 Å². The lowest BCUT2D eigenvalue weighted by Crippen LogP contribution is -2.13. The molecular formula is C15H20O6S. The van der Waals surface area contributed by atoms with E-state index in [4.69, 9.17) is 9.47 Å². The number of methoxy groups -OCH3 is 3. The summed E-state index contributed by atoms with van der Waals surface area (Å²) in [5, 5.41) is 0. The van der Waals surface area contributed by atoms with E-state index in [2.05, 4.69) is 9.47 Å². The van der Waals surface area contributed by atoms with Crippen LogP contribution in [0.15, 0.2) is 18.2 Å². The van der Waals surface area contributed by atoms with E-state index in [1.165, 1.54) is 33.1 Å². The van der Waals surface area contributed by atoms with Gasteiger partial charge in [-0.2, -0.15) is 0 Å². The van der Waals surface area contributed by atoms with Crippen LogP contribution in [0.25, 0.3) is 0 Å². The first-order valence-electron chi connectivity index (χ1n) is 6.61. The molecule has 0 bridgehead atoms. The number of carbonyl (C=O) groups excluding carboxylic acids is 2. The van der Waals surface area contributed by atoms with Gasteiger partial charge >= 0.3 is 11.9 Å². The van der Waals surface area contributed by atoms with Gasteiger partial charge in [0, 0.05) is 0 Å². The molecule has 1 aromatic rings. The van der Waals surface area contributed by atoms with Crippen molar-refractivity contribution in [2.75, 3.05) is 39.4 Å². The van der Waals surface area contributed by atoms with Crippen LogP contribution in [0.5, 0.6) is 11.5 Å². The third-order valence-corrected chi connectivity index (χ3v) is 3.72. The van der Waals surface area contributed by atoms with E-state index in [-0.39, 0.29) is 12.6 Å². The fourth-order valence-corrected chi connectivity index (χ4v) is 2.40. The molecule has 0 fully saturated rings. The fraction of sp³-hybridized carbons (Fsp3) is 0.467. The van der Waals surface area contributed by atoms with Crippen molar-refractivity contribution < 1.29 is 28.5 Å². The SMILES string of the molecule is COC(=O)COc1ccc(CCSCC(=O)OC)cc1OC. The molecule has 0 spiro atoms. The minimum Gasteiger partial charge on any atom is -0.493 e. The van der Waals surface area contributed by atoms with Gasteiger partial charge in [-0.05, 0) is 29.9 Å². The van der Waals surface area contributed by atoms with Gasteiger partial charge in [-0.15, -0.1) is 11.8 Å². The van der Waals surface area contributed by atoms with Gasteiger partial charge < -0.3 is 18.9 Å². The zero-order chi connectivity index (χ0) is 16.4. The maximum atomic E-state index is 11.1. The summed E-state index contributed by atoms with van der Waals surface area (Å²) < 4.78 is 19.7. The molecule has 7 heteroatoms. The van der Waals surface area contributed by atoms with E-state index >= 15 is 0 Å². The van der Waals surface area contributed by atoms with Crippen molar-refractivity contribution >= 4 is 23.7 Å². The van der Waals surface area contributed by atoms with E-state index in [0.29, 0.717) is 17.3 Å². The average molecular weight is 328 g/mol. The Kier molecular flexibility index (Phi) is 8.21. The van der Waals surface area contributed by atoms with Gasteiger partial charge in [0.1, 0.15) is 0 Å². The van der Waals surface area contributed by atoms with Crippen LogP contribution in [0.4, 0.5) is 0 Å². The van der Waals surface area contributed by atoms with Gasteiger partial charge in [0.2, 0.25) is 0 Å². The van der Waals surface area contributed by atoms with E-state index in [9.17, 15) is 9.59 Å². The number of hydrogen-bond acceptors (Lipinski definition) is 7. The summed E-state index contributed by atoms with van der Waals surface area (Å²) in [4.78, 5) is 22.1. The monoisotopic (exact) mass is 328 g/mol. The van der Waals surface area contributed by atoms with Gasteiger partial charge in [0.05, 0.1) is 27.1 Å². The van der Waals surface area contributed by atoms with Gasteiger partial charge in [-0.25, -0.2) is 4.79 Å². The number of thioether (sulfide) groups is 1. The van der Waals surface area contributed by atoms with Crippen LogP contribution in [0.1, 0.15) is 5.56 Å². The van der Waals surface area contributed by atoms with E-state index < -0.39 is 5.97 Å². The van der Waals surface area contributed by atoms with Crippen molar-refractivity contribution in [2.24, 2.45) is 0 Å². The molecule has 0 aliphatic rings. The smallest absolute Gasteiger partial charge is 0.343 e. The summed E-state index contributed by atoms with van der Waals surface area (Å²) in [5.74, 6) is 1.49. The van der Waals surface area contributed by atoms with Gasteiger partial charge in [0.25, 0.3) is 0 Å². The van der Waals surface area contributed by atoms with Crippen molar-refractivity contribution in [3.8, 4) is 11.5 Å². The zero-order valence-electron chi connectivity index (χ0n) is 12.9. The first kappa shape index (κ1) is 18.2.